The lowest BCUT2D eigenvalue weighted by atomic mass is 10.1. The Morgan fingerprint density at radius 2 is 1.83 bits per heavy atom. The molecule has 0 atom stereocenters. The molecule has 0 radical (unpaired) electrons. The number of hydrogen-bond acceptors (Lipinski definition) is 5. The monoisotopic (exact) mass is 388 g/mol. The summed E-state index contributed by atoms with van der Waals surface area (Å²) in [7, 11) is 0. The van der Waals surface area contributed by atoms with E-state index in [1.807, 2.05) is 31.3 Å². The van der Waals surface area contributed by atoms with Crippen molar-refractivity contribution in [2.75, 3.05) is 5.73 Å². The molecule has 4 aromatic rings. The predicted molar refractivity (Wildman–Crippen MR) is 115 cm³/mol. The summed E-state index contributed by atoms with van der Waals surface area (Å²) in [6.45, 7) is 4.15. The maximum absolute atomic E-state index is 8.04. The maximum atomic E-state index is 8.04. The van der Waals surface area contributed by atoms with E-state index in [0.717, 1.165) is 28.9 Å². The van der Waals surface area contributed by atoms with E-state index in [-0.39, 0.29) is 0 Å². The van der Waals surface area contributed by atoms with Crippen molar-refractivity contribution in [1.29, 1.82) is 0 Å². The lowest BCUT2D eigenvalue weighted by Crippen LogP contribution is -2.03. The maximum Gasteiger partial charge on any atom is 0.165 e. The second kappa shape index (κ2) is 9.52. The highest BCUT2D eigenvalue weighted by Gasteiger charge is 2.10. The fraction of sp³-hybridized carbons (Fsp3) is 0.130. The largest absolute Gasteiger partial charge is 0.384 e. The van der Waals surface area contributed by atoms with Crippen LogP contribution in [0.3, 0.4) is 0 Å². The van der Waals surface area contributed by atoms with Crippen LogP contribution in [-0.4, -0.2) is 20.0 Å². The van der Waals surface area contributed by atoms with E-state index >= 15 is 0 Å². The Hall–Kier alpha value is -3.64. The van der Waals surface area contributed by atoms with E-state index in [9.17, 15) is 0 Å². The van der Waals surface area contributed by atoms with E-state index in [0.29, 0.717) is 11.6 Å². The summed E-state index contributed by atoms with van der Waals surface area (Å²) in [4.78, 5) is 8.02. The van der Waals surface area contributed by atoms with E-state index in [2.05, 4.69) is 46.2 Å². The summed E-state index contributed by atoms with van der Waals surface area (Å²) >= 11 is 0. The first-order valence-electron chi connectivity index (χ1n) is 9.34. The van der Waals surface area contributed by atoms with Gasteiger partial charge in [-0.05, 0) is 48.7 Å². The SMILES string of the molecule is CCc1cccc(-c2cc(N)n(-c3ccncc3C)n2)c1.OOc1ccccc1. The van der Waals surface area contributed by atoms with Gasteiger partial charge in [-0.3, -0.25) is 4.98 Å². The number of anilines is 1. The Kier molecular flexibility index (Phi) is 6.60. The number of rotatable bonds is 4. The van der Waals surface area contributed by atoms with Crippen LogP contribution < -0.4 is 10.6 Å². The Morgan fingerprint density at radius 1 is 1.03 bits per heavy atom. The average Bonchev–Trinajstić information content (AvgIpc) is 3.16. The zero-order valence-electron chi connectivity index (χ0n) is 16.5. The average molecular weight is 388 g/mol. The number of hydrogen-bond donors (Lipinski definition) is 2. The molecule has 0 saturated carbocycles. The number of para-hydroxylation sites is 1. The molecule has 0 spiro atoms. The van der Waals surface area contributed by atoms with Gasteiger partial charge in [0.25, 0.3) is 0 Å². The van der Waals surface area contributed by atoms with Crippen molar-refractivity contribution >= 4 is 5.82 Å². The van der Waals surface area contributed by atoms with Gasteiger partial charge >= 0.3 is 0 Å². The van der Waals surface area contributed by atoms with Crippen molar-refractivity contribution in [2.24, 2.45) is 0 Å². The molecule has 0 bridgehead atoms. The normalized spacial score (nSPS) is 10.2. The van der Waals surface area contributed by atoms with Crippen LogP contribution in [0.5, 0.6) is 5.75 Å². The van der Waals surface area contributed by atoms with Gasteiger partial charge in [0, 0.05) is 24.0 Å². The number of benzene rings is 2. The number of pyridine rings is 1. The van der Waals surface area contributed by atoms with Crippen molar-refractivity contribution in [3.8, 4) is 22.7 Å². The molecule has 0 aliphatic rings. The summed E-state index contributed by atoms with van der Waals surface area (Å²) in [6, 6.07) is 21.0. The second-order valence-electron chi connectivity index (χ2n) is 6.49. The van der Waals surface area contributed by atoms with Crippen molar-refractivity contribution < 1.29 is 10.1 Å². The highest BCUT2D eigenvalue weighted by atomic mass is 17.1. The zero-order chi connectivity index (χ0) is 20.6. The molecule has 0 aliphatic heterocycles. The van der Waals surface area contributed by atoms with Crippen molar-refractivity contribution in [3.63, 3.8) is 0 Å². The first-order valence-corrected chi connectivity index (χ1v) is 9.34. The van der Waals surface area contributed by atoms with Crippen molar-refractivity contribution in [2.45, 2.75) is 20.3 Å². The van der Waals surface area contributed by atoms with Crippen LogP contribution in [0.2, 0.25) is 0 Å². The van der Waals surface area contributed by atoms with Gasteiger partial charge < -0.3 is 10.6 Å². The first-order chi connectivity index (χ1) is 14.1. The predicted octanol–water partition coefficient (Wildman–Crippen LogP) is 4.93. The van der Waals surface area contributed by atoms with E-state index < -0.39 is 0 Å². The molecule has 0 fully saturated rings. The fourth-order valence-corrected chi connectivity index (χ4v) is 2.87. The van der Waals surface area contributed by atoms with Gasteiger partial charge in [-0.15, -0.1) is 0 Å². The van der Waals surface area contributed by atoms with E-state index in [4.69, 9.17) is 11.0 Å². The quantitative estimate of drug-likeness (QED) is 0.382. The molecule has 6 nitrogen and oxygen atoms in total. The lowest BCUT2D eigenvalue weighted by Gasteiger charge is -2.06. The molecular weight excluding hydrogens is 364 g/mol. The minimum absolute atomic E-state index is 0.465. The number of nitrogens with two attached hydrogens (primary N) is 1. The third-order valence-electron chi connectivity index (χ3n) is 4.44. The van der Waals surface area contributed by atoms with Gasteiger partial charge in [0.15, 0.2) is 5.75 Å². The molecule has 6 heteroatoms. The summed E-state index contributed by atoms with van der Waals surface area (Å²) in [5.41, 5.74) is 11.4. The van der Waals surface area contributed by atoms with Gasteiger partial charge in [0.1, 0.15) is 5.82 Å². The summed E-state index contributed by atoms with van der Waals surface area (Å²) in [6.07, 6.45) is 4.57. The van der Waals surface area contributed by atoms with Gasteiger partial charge in [-0.25, -0.2) is 9.94 Å². The molecule has 3 N–H and O–H groups in total. The molecule has 0 unspecified atom stereocenters. The molecule has 0 aliphatic carbocycles. The number of nitrogens with zero attached hydrogens (tertiary/aromatic N) is 3. The number of aromatic nitrogens is 3. The molecule has 0 saturated heterocycles. The van der Waals surface area contributed by atoms with Crippen LogP contribution in [0.25, 0.3) is 16.9 Å². The summed E-state index contributed by atoms with van der Waals surface area (Å²) in [5, 5.41) is 12.7. The minimum Gasteiger partial charge on any atom is -0.384 e. The Balaban J connectivity index is 0.000000252. The molecular formula is C23H24N4O2. The molecule has 2 aromatic heterocycles. The highest BCUT2D eigenvalue weighted by molar-refractivity contribution is 5.64. The summed E-state index contributed by atoms with van der Waals surface area (Å²) < 4.78 is 1.77. The minimum atomic E-state index is 0.465. The Labute approximate surface area is 170 Å². The molecule has 2 heterocycles. The van der Waals surface area contributed by atoms with E-state index in [1.165, 1.54) is 5.56 Å². The number of aryl methyl sites for hydroxylation is 2. The third kappa shape index (κ3) is 5.00. The van der Waals surface area contributed by atoms with Gasteiger partial charge in [0.2, 0.25) is 0 Å². The highest BCUT2D eigenvalue weighted by Crippen LogP contribution is 2.24. The Bertz CT molecular complexity index is 1060. The lowest BCUT2D eigenvalue weighted by molar-refractivity contribution is -0.137. The second-order valence-corrected chi connectivity index (χ2v) is 6.49. The first kappa shape index (κ1) is 20.1. The Morgan fingerprint density at radius 3 is 2.48 bits per heavy atom. The standard InChI is InChI=1S/C17H18N4.C6H6O2/c1-3-13-5-4-6-14(9-13)15-10-17(18)21(20-15)16-7-8-19-11-12(16)2;7-8-6-4-2-1-3-5-6/h4-11H,3,18H2,1-2H3;1-5,7H. The van der Waals surface area contributed by atoms with Crippen LogP contribution >= 0.6 is 0 Å². The van der Waals surface area contributed by atoms with Crippen LogP contribution in [-0.2, 0) is 6.42 Å². The van der Waals surface area contributed by atoms with Crippen LogP contribution in [0.4, 0.5) is 5.82 Å². The van der Waals surface area contributed by atoms with E-state index in [1.54, 1.807) is 35.1 Å². The molecule has 29 heavy (non-hydrogen) atoms. The van der Waals surface area contributed by atoms with Gasteiger partial charge in [0.05, 0.1) is 11.4 Å². The fourth-order valence-electron chi connectivity index (χ4n) is 2.87. The zero-order valence-corrected chi connectivity index (χ0v) is 16.5. The molecule has 0 amide bonds. The third-order valence-corrected chi connectivity index (χ3v) is 4.44. The van der Waals surface area contributed by atoms with Crippen molar-refractivity contribution in [1.82, 2.24) is 14.8 Å². The topological polar surface area (TPSA) is 86.2 Å². The van der Waals surface area contributed by atoms with Gasteiger partial charge in [-0.2, -0.15) is 5.10 Å². The molecule has 148 valence electrons. The number of nitrogen functional groups attached to an aromatic ring is 1. The van der Waals surface area contributed by atoms with Crippen molar-refractivity contribution in [3.05, 3.63) is 90.3 Å². The van der Waals surface area contributed by atoms with Crippen LogP contribution in [0.1, 0.15) is 18.1 Å². The smallest absolute Gasteiger partial charge is 0.165 e. The van der Waals surface area contributed by atoms with Crippen LogP contribution in [0.15, 0.2) is 79.1 Å². The van der Waals surface area contributed by atoms with Crippen LogP contribution in [0, 0.1) is 6.92 Å². The molecule has 4 rings (SSSR count). The summed E-state index contributed by atoms with van der Waals surface area (Å²) in [5.74, 6) is 1.09. The molecule has 2 aromatic carbocycles. The van der Waals surface area contributed by atoms with Gasteiger partial charge in [-0.1, -0.05) is 43.3 Å².